The summed E-state index contributed by atoms with van der Waals surface area (Å²) in [6.45, 7) is 2.84. The summed E-state index contributed by atoms with van der Waals surface area (Å²) in [4.78, 5) is 14.9. The van der Waals surface area contributed by atoms with Crippen LogP contribution < -0.4 is 5.32 Å². The predicted molar refractivity (Wildman–Crippen MR) is 53.8 cm³/mol. The second kappa shape index (κ2) is 3.96. The molecule has 1 aromatic heterocycles. The van der Waals surface area contributed by atoms with Gasteiger partial charge in [0, 0.05) is 24.4 Å². The molecule has 1 aliphatic carbocycles. The maximum absolute atomic E-state index is 12.7. The van der Waals surface area contributed by atoms with Crippen molar-refractivity contribution in [2.45, 2.75) is 13.3 Å². The van der Waals surface area contributed by atoms with Crippen molar-refractivity contribution in [2.75, 3.05) is 6.54 Å². The van der Waals surface area contributed by atoms with Gasteiger partial charge in [0.2, 0.25) is 5.95 Å². The van der Waals surface area contributed by atoms with Crippen molar-refractivity contribution in [3.8, 4) is 0 Å². The summed E-state index contributed by atoms with van der Waals surface area (Å²) >= 11 is 0. The summed E-state index contributed by atoms with van der Waals surface area (Å²) in [5.41, 5.74) is 0.329. The van der Waals surface area contributed by atoms with Crippen molar-refractivity contribution >= 4 is 5.91 Å². The van der Waals surface area contributed by atoms with Crippen molar-refractivity contribution in [1.29, 1.82) is 0 Å². The number of nitrogens with one attached hydrogen (secondary N) is 1. The Labute approximate surface area is 87.7 Å². The number of pyridine rings is 1. The van der Waals surface area contributed by atoms with Gasteiger partial charge >= 0.3 is 0 Å². The van der Waals surface area contributed by atoms with Gasteiger partial charge in [-0.05, 0) is 24.3 Å². The minimum Gasteiger partial charge on any atom is -0.352 e. The number of hydrogen-bond donors (Lipinski definition) is 1. The van der Waals surface area contributed by atoms with Gasteiger partial charge in [-0.3, -0.25) is 4.79 Å². The first-order chi connectivity index (χ1) is 7.16. The van der Waals surface area contributed by atoms with E-state index in [-0.39, 0.29) is 5.91 Å². The first kappa shape index (κ1) is 10.1. The third kappa shape index (κ3) is 2.52. The van der Waals surface area contributed by atoms with Crippen LogP contribution in [-0.2, 0) is 0 Å². The van der Waals surface area contributed by atoms with Crippen LogP contribution in [0, 0.1) is 17.8 Å². The second-order valence-corrected chi connectivity index (χ2v) is 4.05. The summed E-state index contributed by atoms with van der Waals surface area (Å²) < 4.78 is 12.7. The summed E-state index contributed by atoms with van der Waals surface area (Å²) in [5.74, 6) is 0.456. The zero-order valence-electron chi connectivity index (χ0n) is 8.53. The quantitative estimate of drug-likeness (QED) is 0.767. The lowest BCUT2D eigenvalue weighted by atomic mass is 10.2. The van der Waals surface area contributed by atoms with Crippen molar-refractivity contribution in [3.05, 3.63) is 29.8 Å². The van der Waals surface area contributed by atoms with Crippen LogP contribution in [0.15, 0.2) is 18.3 Å². The summed E-state index contributed by atoms with van der Waals surface area (Å²) in [5, 5.41) is 2.79. The lowest BCUT2D eigenvalue weighted by Gasteiger charge is -2.03. The SMILES string of the molecule is CC1CC1CNC(=O)c1ccnc(F)c1. The van der Waals surface area contributed by atoms with Crippen molar-refractivity contribution in [1.82, 2.24) is 10.3 Å². The highest BCUT2D eigenvalue weighted by atomic mass is 19.1. The molecule has 0 radical (unpaired) electrons. The zero-order valence-corrected chi connectivity index (χ0v) is 8.53. The molecule has 1 amide bonds. The Kier molecular flexibility index (Phi) is 2.66. The van der Waals surface area contributed by atoms with Crippen molar-refractivity contribution < 1.29 is 9.18 Å². The Morgan fingerprint density at radius 2 is 2.47 bits per heavy atom. The normalized spacial score (nSPS) is 23.6. The average Bonchev–Trinajstić information content (AvgIpc) is 2.91. The van der Waals surface area contributed by atoms with E-state index < -0.39 is 5.95 Å². The second-order valence-electron chi connectivity index (χ2n) is 4.05. The molecular weight excluding hydrogens is 195 g/mol. The van der Waals surface area contributed by atoms with Crippen LogP contribution >= 0.6 is 0 Å². The van der Waals surface area contributed by atoms with Crippen LogP contribution in [0.2, 0.25) is 0 Å². The summed E-state index contributed by atoms with van der Waals surface area (Å²) in [6, 6.07) is 2.65. The molecule has 1 N–H and O–H groups in total. The number of aromatic nitrogens is 1. The molecule has 2 atom stereocenters. The third-order valence-corrected chi connectivity index (χ3v) is 2.79. The standard InChI is InChI=1S/C11H13FN2O/c1-7-4-9(7)6-14-11(15)8-2-3-13-10(12)5-8/h2-3,5,7,9H,4,6H2,1H3,(H,14,15). The fourth-order valence-corrected chi connectivity index (χ4v) is 1.55. The van der Waals surface area contributed by atoms with Gasteiger partial charge in [0.1, 0.15) is 0 Å². The van der Waals surface area contributed by atoms with Gasteiger partial charge in [0.25, 0.3) is 5.91 Å². The Morgan fingerprint density at radius 3 is 3.07 bits per heavy atom. The molecule has 4 heteroatoms. The number of hydrogen-bond acceptors (Lipinski definition) is 2. The monoisotopic (exact) mass is 208 g/mol. The number of rotatable bonds is 3. The van der Waals surface area contributed by atoms with Gasteiger partial charge < -0.3 is 5.32 Å². The Morgan fingerprint density at radius 1 is 1.73 bits per heavy atom. The molecule has 80 valence electrons. The molecule has 2 rings (SSSR count). The number of halogens is 1. The van der Waals surface area contributed by atoms with E-state index in [0.717, 1.165) is 6.07 Å². The van der Waals surface area contributed by atoms with Crippen LogP contribution in [0.25, 0.3) is 0 Å². The van der Waals surface area contributed by atoms with E-state index >= 15 is 0 Å². The molecule has 15 heavy (non-hydrogen) atoms. The fraction of sp³-hybridized carbons (Fsp3) is 0.455. The molecule has 0 spiro atoms. The minimum absolute atomic E-state index is 0.226. The van der Waals surface area contributed by atoms with E-state index in [9.17, 15) is 9.18 Å². The third-order valence-electron chi connectivity index (χ3n) is 2.79. The fourth-order valence-electron chi connectivity index (χ4n) is 1.55. The van der Waals surface area contributed by atoms with E-state index in [1.165, 1.54) is 18.7 Å². The van der Waals surface area contributed by atoms with E-state index in [2.05, 4.69) is 17.2 Å². The summed E-state index contributed by atoms with van der Waals surface area (Å²) in [7, 11) is 0. The molecule has 0 aromatic carbocycles. The summed E-state index contributed by atoms with van der Waals surface area (Å²) in [6.07, 6.45) is 2.47. The first-order valence-corrected chi connectivity index (χ1v) is 5.06. The van der Waals surface area contributed by atoms with Gasteiger partial charge in [-0.1, -0.05) is 6.92 Å². The lowest BCUT2D eigenvalue weighted by Crippen LogP contribution is -2.26. The van der Waals surface area contributed by atoms with E-state index in [0.29, 0.717) is 23.9 Å². The molecular formula is C11H13FN2O. The highest BCUT2D eigenvalue weighted by Crippen LogP contribution is 2.36. The Balaban J connectivity index is 1.90. The molecule has 2 unspecified atom stereocenters. The molecule has 1 heterocycles. The maximum Gasteiger partial charge on any atom is 0.251 e. The molecule has 1 aromatic rings. The number of nitrogens with zero attached hydrogens (tertiary/aromatic N) is 1. The highest BCUT2D eigenvalue weighted by Gasteiger charge is 2.32. The van der Waals surface area contributed by atoms with Crippen LogP contribution in [-0.4, -0.2) is 17.4 Å². The van der Waals surface area contributed by atoms with Gasteiger partial charge in [-0.2, -0.15) is 4.39 Å². The topological polar surface area (TPSA) is 42.0 Å². The first-order valence-electron chi connectivity index (χ1n) is 5.06. The minimum atomic E-state index is -0.623. The molecule has 0 bridgehead atoms. The Hall–Kier alpha value is -1.45. The van der Waals surface area contributed by atoms with E-state index in [1.807, 2.05) is 0 Å². The number of carbonyl (C=O) groups excluding carboxylic acids is 1. The average molecular weight is 208 g/mol. The molecule has 0 aliphatic heterocycles. The highest BCUT2D eigenvalue weighted by molar-refractivity contribution is 5.93. The van der Waals surface area contributed by atoms with Crippen molar-refractivity contribution in [3.63, 3.8) is 0 Å². The van der Waals surface area contributed by atoms with Gasteiger partial charge in [-0.15, -0.1) is 0 Å². The predicted octanol–water partition coefficient (Wildman–Crippen LogP) is 1.61. The van der Waals surface area contributed by atoms with Gasteiger partial charge in [-0.25, -0.2) is 4.98 Å². The molecule has 3 nitrogen and oxygen atoms in total. The molecule has 1 fully saturated rings. The maximum atomic E-state index is 12.7. The van der Waals surface area contributed by atoms with E-state index in [4.69, 9.17) is 0 Å². The molecule has 1 saturated carbocycles. The molecule has 0 saturated heterocycles. The van der Waals surface area contributed by atoms with Crippen molar-refractivity contribution in [2.24, 2.45) is 11.8 Å². The number of carbonyl (C=O) groups is 1. The number of amides is 1. The van der Waals surface area contributed by atoms with Crippen LogP contribution in [0.5, 0.6) is 0 Å². The smallest absolute Gasteiger partial charge is 0.251 e. The largest absolute Gasteiger partial charge is 0.352 e. The Bertz CT molecular complexity index is 381. The molecule has 1 aliphatic rings. The van der Waals surface area contributed by atoms with E-state index in [1.54, 1.807) is 0 Å². The lowest BCUT2D eigenvalue weighted by molar-refractivity contribution is 0.0950. The zero-order chi connectivity index (χ0) is 10.8. The van der Waals surface area contributed by atoms with Crippen LogP contribution in [0.4, 0.5) is 4.39 Å². The van der Waals surface area contributed by atoms with Gasteiger partial charge in [0.05, 0.1) is 0 Å². The van der Waals surface area contributed by atoms with Gasteiger partial charge in [0.15, 0.2) is 0 Å². The van der Waals surface area contributed by atoms with Crippen LogP contribution in [0.3, 0.4) is 0 Å². The van der Waals surface area contributed by atoms with Crippen LogP contribution in [0.1, 0.15) is 23.7 Å².